The fraction of sp³-hybridized carbons (Fsp3) is 0.643. The van der Waals surface area contributed by atoms with Gasteiger partial charge in [0.2, 0.25) is 5.88 Å². The van der Waals surface area contributed by atoms with Gasteiger partial charge >= 0.3 is 0 Å². The Morgan fingerprint density at radius 2 is 2.15 bits per heavy atom. The second kappa shape index (κ2) is 5.20. The molecular weight excluding hydrogens is 276 g/mol. The van der Waals surface area contributed by atoms with Gasteiger partial charge in [-0.3, -0.25) is 0 Å². The van der Waals surface area contributed by atoms with E-state index in [1.165, 1.54) is 12.7 Å². The van der Waals surface area contributed by atoms with Crippen LogP contribution in [0.2, 0.25) is 0 Å². The first-order chi connectivity index (χ1) is 9.67. The van der Waals surface area contributed by atoms with E-state index in [0.29, 0.717) is 35.2 Å². The summed E-state index contributed by atoms with van der Waals surface area (Å²) in [6, 6.07) is 0.406. The molecule has 20 heavy (non-hydrogen) atoms. The number of fused-ring (bicyclic) bond motifs is 1. The predicted molar refractivity (Wildman–Crippen MR) is 78.0 cm³/mol. The van der Waals surface area contributed by atoms with Gasteiger partial charge < -0.3 is 9.30 Å². The molecule has 0 N–H and O–H groups in total. The Labute approximate surface area is 123 Å². The van der Waals surface area contributed by atoms with Crippen LogP contribution in [0.3, 0.4) is 0 Å². The summed E-state index contributed by atoms with van der Waals surface area (Å²) >= 11 is 6.09. The van der Waals surface area contributed by atoms with Crippen molar-refractivity contribution >= 4 is 22.8 Å². The Kier molecular flexibility index (Phi) is 3.54. The van der Waals surface area contributed by atoms with Crippen molar-refractivity contribution in [2.24, 2.45) is 11.8 Å². The van der Waals surface area contributed by atoms with Crippen LogP contribution in [0.5, 0.6) is 5.88 Å². The number of aromatic nitrogens is 4. The second-order valence-electron chi connectivity index (χ2n) is 5.57. The zero-order valence-electron chi connectivity index (χ0n) is 12.0. The van der Waals surface area contributed by atoms with Crippen LogP contribution >= 0.6 is 11.6 Å². The number of nitrogens with zero attached hydrogens (tertiary/aromatic N) is 4. The molecule has 3 rings (SSSR count). The molecular formula is C14H19ClN4O. The minimum Gasteiger partial charge on any atom is -0.479 e. The molecule has 0 saturated heterocycles. The van der Waals surface area contributed by atoms with Crippen LogP contribution < -0.4 is 4.74 Å². The number of ether oxygens (including phenoxy) is 1. The lowest BCUT2D eigenvalue weighted by atomic mass is 9.97. The fourth-order valence-corrected chi connectivity index (χ4v) is 3.42. The van der Waals surface area contributed by atoms with Crippen molar-refractivity contribution in [2.45, 2.75) is 38.6 Å². The van der Waals surface area contributed by atoms with Crippen LogP contribution in [0.1, 0.15) is 38.6 Å². The maximum atomic E-state index is 6.09. The zero-order chi connectivity index (χ0) is 14.3. The Balaban J connectivity index is 2.19. The Morgan fingerprint density at radius 3 is 2.75 bits per heavy atom. The Bertz CT molecular complexity index is 627. The molecule has 3 unspecified atom stereocenters. The summed E-state index contributed by atoms with van der Waals surface area (Å²) < 4.78 is 7.48. The molecule has 108 valence electrons. The highest BCUT2D eigenvalue weighted by Gasteiger charge is 2.34. The number of rotatable bonds is 3. The van der Waals surface area contributed by atoms with Crippen LogP contribution in [0.15, 0.2) is 6.33 Å². The van der Waals surface area contributed by atoms with Gasteiger partial charge in [-0.05, 0) is 24.7 Å². The van der Waals surface area contributed by atoms with Crippen LogP contribution in [-0.4, -0.2) is 26.6 Å². The van der Waals surface area contributed by atoms with Gasteiger partial charge in [-0.25, -0.2) is 9.97 Å². The summed E-state index contributed by atoms with van der Waals surface area (Å²) in [5.74, 6) is 3.04. The van der Waals surface area contributed by atoms with E-state index in [-0.39, 0.29) is 0 Å². The molecule has 2 aromatic heterocycles. The van der Waals surface area contributed by atoms with Crippen molar-refractivity contribution in [3.8, 4) is 5.88 Å². The summed E-state index contributed by atoms with van der Waals surface area (Å²) in [5, 5.41) is 0. The van der Waals surface area contributed by atoms with Crippen LogP contribution in [0, 0.1) is 11.8 Å². The van der Waals surface area contributed by atoms with E-state index < -0.39 is 0 Å². The number of methoxy groups -OCH3 is 1. The zero-order valence-corrected chi connectivity index (χ0v) is 12.8. The molecule has 5 nitrogen and oxygen atoms in total. The first-order valence-electron chi connectivity index (χ1n) is 6.99. The lowest BCUT2D eigenvalue weighted by molar-refractivity contribution is 0.352. The Hall–Kier alpha value is -1.36. The van der Waals surface area contributed by atoms with Crippen molar-refractivity contribution in [2.75, 3.05) is 7.11 Å². The average Bonchev–Trinajstić information content (AvgIpc) is 2.99. The third kappa shape index (κ3) is 1.95. The van der Waals surface area contributed by atoms with Crippen molar-refractivity contribution in [3.63, 3.8) is 0 Å². The quantitative estimate of drug-likeness (QED) is 0.816. The van der Waals surface area contributed by atoms with E-state index in [2.05, 4.69) is 33.4 Å². The molecule has 2 aromatic rings. The fourth-order valence-electron chi connectivity index (χ4n) is 3.23. The third-order valence-corrected chi connectivity index (χ3v) is 4.82. The predicted octanol–water partition coefficient (Wildman–Crippen LogP) is 3.18. The average molecular weight is 295 g/mol. The smallest absolute Gasteiger partial charge is 0.245 e. The van der Waals surface area contributed by atoms with Gasteiger partial charge in [0.1, 0.15) is 12.2 Å². The van der Waals surface area contributed by atoms with Crippen LogP contribution in [0.4, 0.5) is 0 Å². The molecule has 0 spiro atoms. The molecule has 6 heteroatoms. The number of hydrogen-bond acceptors (Lipinski definition) is 4. The minimum atomic E-state index is 0.372. The van der Waals surface area contributed by atoms with Gasteiger partial charge in [0.05, 0.1) is 13.0 Å². The van der Waals surface area contributed by atoms with E-state index in [9.17, 15) is 0 Å². The van der Waals surface area contributed by atoms with Crippen molar-refractivity contribution in [3.05, 3.63) is 12.2 Å². The van der Waals surface area contributed by atoms with Gasteiger partial charge in [-0.15, -0.1) is 11.6 Å². The monoisotopic (exact) mass is 294 g/mol. The minimum absolute atomic E-state index is 0.372. The van der Waals surface area contributed by atoms with Gasteiger partial charge in [0, 0.05) is 6.04 Å². The molecule has 2 heterocycles. The molecule has 1 fully saturated rings. The summed E-state index contributed by atoms with van der Waals surface area (Å²) in [4.78, 5) is 13.1. The number of alkyl halides is 1. The van der Waals surface area contributed by atoms with Crippen LogP contribution in [-0.2, 0) is 5.88 Å². The van der Waals surface area contributed by atoms with Gasteiger partial charge in [-0.2, -0.15) is 4.98 Å². The summed E-state index contributed by atoms with van der Waals surface area (Å²) in [7, 11) is 1.60. The first-order valence-corrected chi connectivity index (χ1v) is 7.52. The topological polar surface area (TPSA) is 52.8 Å². The molecule has 1 aliphatic carbocycles. The third-order valence-electron chi connectivity index (χ3n) is 4.58. The summed E-state index contributed by atoms with van der Waals surface area (Å²) in [6.07, 6.45) is 3.90. The van der Waals surface area contributed by atoms with Crippen molar-refractivity contribution in [1.82, 2.24) is 19.5 Å². The van der Waals surface area contributed by atoms with E-state index in [0.717, 1.165) is 17.9 Å². The highest BCUT2D eigenvalue weighted by Crippen LogP contribution is 2.42. The summed E-state index contributed by atoms with van der Waals surface area (Å²) in [6.45, 7) is 4.60. The molecule has 1 saturated carbocycles. The highest BCUT2D eigenvalue weighted by atomic mass is 35.5. The maximum absolute atomic E-state index is 6.09. The standard InChI is InChI=1S/C14H19ClN4O/c1-8-4-5-10(9(8)2)19-11(6-15)18-12-13(19)16-7-17-14(12)20-3/h7-10H,4-6H2,1-3H3. The largest absolute Gasteiger partial charge is 0.479 e. The number of halogens is 1. The molecule has 0 aliphatic heterocycles. The maximum Gasteiger partial charge on any atom is 0.245 e. The molecule has 0 amide bonds. The van der Waals surface area contributed by atoms with Gasteiger partial charge in [0.15, 0.2) is 11.2 Å². The molecule has 1 aliphatic rings. The van der Waals surface area contributed by atoms with E-state index in [4.69, 9.17) is 16.3 Å². The van der Waals surface area contributed by atoms with Crippen molar-refractivity contribution in [1.29, 1.82) is 0 Å². The second-order valence-corrected chi connectivity index (χ2v) is 5.84. The lowest BCUT2D eigenvalue weighted by Gasteiger charge is -2.21. The number of imidazole rings is 1. The SMILES string of the molecule is COc1ncnc2c1nc(CCl)n2C1CCC(C)C1C. The molecule has 0 radical (unpaired) electrons. The van der Waals surface area contributed by atoms with Crippen LogP contribution in [0.25, 0.3) is 11.2 Å². The first kappa shape index (κ1) is 13.6. The molecule has 3 atom stereocenters. The normalized spacial score (nSPS) is 26.3. The lowest BCUT2D eigenvalue weighted by Crippen LogP contribution is -2.17. The number of hydrogen-bond donors (Lipinski definition) is 0. The van der Waals surface area contributed by atoms with E-state index >= 15 is 0 Å². The van der Waals surface area contributed by atoms with Gasteiger partial charge in [-0.1, -0.05) is 13.8 Å². The van der Waals surface area contributed by atoms with Gasteiger partial charge in [0.25, 0.3) is 0 Å². The van der Waals surface area contributed by atoms with Crippen molar-refractivity contribution < 1.29 is 4.74 Å². The van der Waals surface area contributed by atoms with E-state index in [1.54, 1.807) is 7.11 Å². The summed E-state index contributed by atoms with van der Waals surface area (Å²) in [5.41, 5.74) is 1.54. The highest BCUT2D eigenvalue weighted by molar-refractivity contribution is 6.16. The molecule has 0 aromatic carbocycles. The molecule has 0 bridgehead atoms. The van der Waals surface area contributed by atoms with E-state index in [1.807, 2.05) is 0 Å². The Morgan fingerprint density at radius 1 is 1.35 bits per heavy atom.